The summed E-state index contributed by atoms with van der Waals surface area (Å²) in [4.78, 5) is 23.1. The van der Waals surface area contributed by atoms with Gasteiger partial charge in [0.1, 0.15) is 16.7 Å². The van der Waals surface area contributed by atoms with Crippen LogP contribution in [0, 0.1) is 0 Å². The summed E-state index contributed by atoms with van der Waals surface area (Å²) in [6, 6.07) is 0. The normalized spacial score (nSPS) is 11.0. The average molecular weight is 463 g/mol. The molecule has 144 valence electrons. The number of methoxy groups -OCH3 is 3. The summed E-state index contributed by atoms with van der Waals surface area (Å²) < 4.78 is 17.9. The molecule has 3 aromatic heterocycles. The van der Waals surface area contributed by atoms with Crippen LogP contribution in [0.1, 0.15) is 5.69 Å². The highest BCUT2D eigenvalue weighted by molar-refractivity contribution is 9.10. The predicted molar refractivity (Wildman–Crippen MR) is 97.9 cm³/mol. The molecule has 4 N–H and O–H groups in total. The van der Waals surface area contributed by atoms with Gasteiger partial charge in [-0.2, -0.15) is 4.98 Å². The number of nitrogens with two attached hydrogens (primary N) is 1. The number of nitrogens with one attached hydrogen (secondary N) is 1. The molecule has 0 atom stereocenters. The lowest BCUT2D eigenvalue weighted by Crippen LogP contribution is -2.40. The molecule has 0 aromatic carbocycles. The van der Waals surface area contributed by atoms with E-state index in [1.54, 1.807) is 0 Å². The summed E-state index contributed by atoms with van der Waals surface area (Å²) in [5, 5.41) is 10.6. The van der Waals surface area contributed by atoms with E-state index < -0.39 is 5.69 Å². The van der Waals surface area contributed by atoms with Crippen LogP contribution in [0.4, 0.5) is 5.95 Å². The van der Waals surface area contributed by atoms with Crippen LogP contribution >= 0.6 is 27.5 Å². The van der Waals surface area contributed by atoms with Crippen molar-refractivity contribution in [3.8, 4) is 17.4 Å². The van der Waals surface area contributed by atoms with Gasteiger partial charge in [-0.25, -0.2) is 9.78 Å². The van der Waals surface area contributed by atoms with Crippen molar-refractivity contribution in [3.05, 3.63) is 25.8 Å². The summed E-state index contributed by atoms with van der Waals surface area (Å²) in [5.41, 5.74) is 5.84. The van der Waals surface area contributed by atoms with E-state index >= 15 is 0 Å². The molecule has 11 nitrogen and oxygen atoms in total. The lowest BCUT2D eigenvalue weighted by atomic mass is 10.3. The monoisotopic (exact) mass is 461 g/mol. The fraction of sp³-hybridized carbons (Fsp3) is 0.286. The fourth-order valence-electron chi connectivity index (χ4n) is 2.63. The Balaban J connectivity index is 2.27. The highest BCUT2D eigenvalue weighted by Gasteiger charge is 2.35. The fourth-order valence-corrected chi connectivity index (χ4v) is 3.39. The number of anilines is 1. The number of pyridine rings is 1. The number of aromatic amines is 1. The molecule has 0 saturated carbocycles. The number of halogens is 2. The Kier molecular flexibility index (Phi) is 5.02. The molecular weight excluding hydrogens is 448 g/mol. The van der Waals surface area contributed by atoms with E-state index in [9.17, 15) is 10.0 Å². The smallest absolute Gasteiger partial charge is 0.463 e. The molecule has 3 aromatic rings. The molecule has 0 radical (unpaired) electrons. The van der Waals surface area contributed by atoms with Gasteiger partial charge < -0.3 is 24.9 Å². The molecule has 0 bridgehead atoms. The minimum atomic E-state index is -0.504. The van der Waals surface area contributed by atoms with Gasteiger partial charge in [0.25, 0.3) is 11.4 Å². The SMILES string of the molecule is COc1c(Cl)c(Cn2c(=O)[nH]c3c(Br)nc(N)nc32)[n+](O)c(OC)c1OC. The van der Waals surface area contributed by atoms with Gasteiger partial charge in [0.15, 0.2) is 16.4 Å². The van der Waals surface area contributed by atoms with Crippen LogP contribution in [0.2, 0.25) is 5.02 Å². The third kappa shape index (κ3) is 3.00. The van der Waals surface area contributed by atoms with Gasteiger partial charge in [-0.15, -0.1) is 0 Å². The van der Waals surface area contributed by atoms with Gasteiger partial charge in [0.05, 0.1) is 26.1 Å². The van der Waals surface area contributed by atoms with Crippen molar-refractivity contribution in [2.24, 2.45) is 0 Å². The Hall–Kier alpha value is -2.73. The maximum atomic E-state index is 12.4. The summed E-state index contributed by atoms with van der Waals surface area (Å²) >= 11 is 9.60. The van der Waals surface area contributed by atoms with Crippen LogP contribution in [-0.4, -0.2) is 46.1 Å². The van der Waals surface area contributed by atoms with E-state index in [1.165, 1.54) is 25.9 Å². The molecule has 27 heavy (non-hydrogen) atoms. The second-order valence-electron chi connectivity index (χ2n) is 5.24. The largest absolute Gasteiger partial charge is 0.491 e. The standard InChI is InChI=1S/C14H14BrClN6O5/c1-25-8-6(16)5(22(24)12(27-3)9(8)26-2)4-21-11-7(18-14(21)23)10(15)19-13(17)20-11/h4H2,1-3H3,(H3-,17,18,19,20,23,24)/p+1. The Morgan fingerprint density at radius 1 is 1.26 bits per heavy atom. The molecule has 0 aliphatic heterocycles. The van der Waals surface area contributed by atoms with E-state index in [-0.39, 0.29) is 46.2 Å². The second-order valence-corrected chi connectivity index (χ2v) is 6.36. The van der Waals surface area contributed by atoms with E-state index in [4.69, 9.17) is 31.5 Å². The van der Waals surface area contributed by atoms with Crippen LogP contribution in [0.3, 0.4) is 0 Å². The predicted octanol–water partition coefficient (Wildman–Crippen LogP) is 0.717. The lowest BCUT2D eigenvalue weighted by molar-refractivity contribution is -0.911. The second kappa shape index (κ2) is 7.12. The molecule has 0 saturated heterocycles. The van der Waals surface area contributed by atoms with Crippen molar-refractivity contribution >= 4 is 44.6 Å². The first kappa shape index (κ1) is 19.0. The molecule has 0 amide bonds. The number of rotatable bonds is 5. The lowest BCUT2D eigenvalue weighted by Gasteiger charge is -2.12. The van der Waals surface area contributed by atoms with Crippen molar-refractivity contribution < 1.29 is 24.1 Å². The number of imidazole rings is 1. The molecule has 3 heterocycles. The molecule has 0 aliphatic carbocycles. The summed E-state index contributed by atoms with van der Waals surface area (Å²) in [6.45, 7) is -0.173. The van der Waals surface area contributed by atoms with E-state index in [0.717, 1.165) is 0 Å². The molecule has 13 heteroatoms. The minimum Gasteiger partial charge on any atom is -0.491 e. The van der Waals surface area contributed by atoms with E-state index in [1.807, 2.05) is 0 Å². The minimum absolute atomic E-state index is 0.0278. The van der Waals surface area contributed by atoms with Crippen LogP contribution in [0.15, 0.2) is 9.40 Å². The number of hydrogen-bond acceptors (Lipinski definition) is 8. The zero-order valence-electron chi connectivity index (χ0n) is 14.4. The Labute approximate surface area is 165 Å². The summed E-state index contributed by atoms with van der Waals surface area (Å²) in [6.07, 6.45) is 0. The number of nitrogen functional groups attached to an aromatic ring is 1. The third-order valence-electron chi connectivity index (χ3n) is 3.81. The zero-order chi connectivity index (χ0) is 19.9. The van der Waals surface area contributed by atoms with Crippen LogP contribution in [0.5, 0.6) is 17.4 Å². The zero-order valence-corrected chi connectivity index (χ0v) is 16.8. The topological polar surface area (TPSA) is 141 Å². The van der Waals surface area contributed by atoms with Crippen LogP contribution < -0.4 is 30.4 Å². The first-order valence-electron chi connectivity index (χ1n) is 7.37. The quantitative estimate of drug-likeness (QED) is 0.286. The van der Waals surface area contributed by atoms with E-state index in [0.29, 0.717) is 14.9 Å². The van der Waals surface area contributed by atoms with Crippen molar-refractivity contribution in [2.75, 3.05) is 27.1 Å². The number of hydrogen-bond donors (Lipinski definition) is 3. The van der Waals surface area contributed by atoms with Crippen molar-refractivity contribution in [1.82, 2.24) is 19.5 Å². The highest BCUT2D eigenvalue weighted by Crippen LogP contribution is 2.41. The van der Waals surface area contributed by atoms with Crippen molar-refractivity contribution in [1.29, 1.82) is 0 Å². The average Bonchev–Trinajstić information content (AvgIpc) is 2.94. The third-order valence-corrected chi connectivity index (χ3v) is 4.77. The van der Waals surface area contributed by atoms with Gasteiger partial charge in [0.2, 0.25) is 5.95 Å². The van der Waals surface area contributed by atoms with Crippen molar-refractivity contribution in [2.45, 2.75) is 6.54 Å². The number of ether oxygens (including phenoxy) is 3. The Morgan fingerprint density at radius 3 is 2.52 bits per heavy atom. The van der Waals surface area contributed by atoms with Gasteiger partial charge in [-0.3, -0.25) is 9.77 Å². The molecular formula is C14H15BrClN6O5+. The summed E-state index contributed by atoms with van der Waals surface area (Å²) in [7, 11) is 4.10. The molecule has 0 unspecified atom stereocenters. The number of nitrogens with zero attached hydrogens (tertiary/aromatic N) is 4. The summed E-state index contributed by atoms with van der Waals surface area (Å²) in [5.74, 6) is 0.142. The Morgan fingerprint density at radius 2 is 1.93 bits per heavy atom. The van der Waals surface area contributed by atoms with Crippen LogP contribution in [-0.2, 0) is 6.54 Å². The number of fused-ring (bicyclic) bond motifs is 1. The van der Waals surface area contributed by atoms with Crippen molar-refractivity contribution in [3.63, 3.8) is 0 Å². The molecule has 0 aliphatic rings. The maximum Gasteiger partial charge on any atom is 0.463 e. The number of H-pyrrole nitrogens is 1. The van der Waals surface area contributed by atoms with Crippen LogP contribution in [0.25, 0.3) is 11.2 Å². The van der Waals surface area contributed by atoms with E-state index in [2.05, 4.69) is 30.9 Å². The number of aromatic nitrogens is 5. The highest BCUT2D eigenvalue weighted by atomic mass is 79.9. The van der Waals surface area contributed by atoms with Gasteiger partial charge in [-0.1, -0.05) is 11.6 Å². The first-order valence-corrected chi connectivity index (χ1v) is 8.54. The Bertz CT molecular complexity index is 1070. The molecule has 0 fully saturated rings. The van der Waals surface area contributed by atoms with Gasteiger partial charge >= 0.3 is 11.6 Å². The van der Waals surface area contributed by atoms with Gasteiger partial charge in [-0.05, 0) is 15.9 Å². The molecule has 3 rings (SSSR count). The molecule has 0 spiro atoms. The maximum absolute atomic E-state index is 12.4. The van der Waals surface area contributed by atoms with Gasteiger partial charge in [0, 0.05) is 0 Å². The first-order chi connectivity index (χ1) is 12.8.